The number of hydrogen-bond donors (Lipinski definition) is 1. The van der Waals surface area contributed by atoms with Crippen LogP contribution in [0, 0.1) is 5.82 Å². The summed E-state index contributed by atoms with van der Waals surface area (Å²) in [5.74, 6) is -0.998. The van der Waals surface area contributed by atoms with E-state index in [1.807, 2.05) is 0 Å². The van der Waals surface area contributed by atoms with Gasteiger partial charge in [-0.25, -0.2) is 4.39 Å². The van der Waals surface area contributed by atoms with Crippen LogP contribution < -0.4 is 5.32 Å². The molecule has 0 unspecified atom stereocenters. The second kappa shape index (κ2) is 9.65. The van der Waals surface area contributed by atoms with Crippen molar-refractivity contribution in [3.8, 4) is 0 Å². The van der Waals surface area contributed by atoms with E-state index in [0.717, 1.165) is 0 Å². The molecule has 132 valence electrons. The molecule has 0 aliphatic rings. The van der Waals surface area contributed by atoms with E-state index in [-0.39, 0.29) is 29.6 Å². The second-order valence-electron chi connectivity index (χ2n) is 4.81. The number of ether oxygens (including phenoxy) is 1. The number of thioether (sulfide) groups is 1. The molecule has 0 aromatic heterocycles. The summed E-state index contributed by atoms with van der Waals surface area (Å²) in [6, 6.07) is 10.8. The Bertz CT molecular complexity index is 773. The van der Waals surface area contributed by atoms with Gasteiger partial charge in [-0.2, -0.15) is 0 Å². The fraction of sp³-hybridized carbons (Fsp3) is 0.176. The normalized spacial score (nSPS) is 10.4. The summed E-state index contributed by atoms with van der Waals surface area (Å²) in [7, 11) is 0. The molecule has 0 atom stereocenters. The maximum absolute atomic E-state index is 13.4. The Hall–Kier alpha value is -1.76. The van der Waals surface area contributed by atoms with E-state index < -0.39 is 11.9 Å². The summed E-state index contributed by atoms with van der Waals surface area (Å²) >= 11 is 12.9. The van der Waals surface area contributed by atoms with Gasteiger partial charge in [-0.1, -0.05) is 35.3 Å². The van der Waals surface area contributed by atoms with Crippen molar-refractivity contribution in [2.24, 2.45) is 0 Å². The molecule has 4 nitrogen and oxygen atoms in total. The number of amides is 1. The first-order valence-corrected chi connectivity index (χ1v) is 8.97. The van der Waals surface area contributed by atoms with Crippen molar-refractivity contribution in [2.75, 3.05) is 18.9 Å². The number of carbonyl (C=O) groups excluding carboxylic acids is 2. The third-order valence-corrected chi connectivity index (χ3v) is 4.57. The van der Waals surface area contributed by atoms with Gasteiger partial charge in [0, 0.05) is 15.7 Å². The van der Waals surface area contributed by atoms with Crippen LogP contribution in [0.1, 0.15) is 10.4 Å². The number of benzene rings is 2. The Morgan fingerprint density at radius 1 is 1.16 bits per heavy atom. The Balaban J connectivity index is 1.70. The minimum atomic E-state index is -0.590. The third kappa shape index (κ3) is 6.23. The zero-order chi connectivity index (χ0) is 18.2. The Labute approximate surface area is 158 Å². The molecule has 2 rings (SSSR count). The molecule has 25 heavy (non-hydrogen) atoms. The minimum absolute atomic E-state index is 0.107. The van der Waals surface area contributed by atoms with Gasteiger partial charge >= 0.3 is 5.97 Å². The van der Waals surface area contributed by atoms with E-state index in [2.05, 4.69) is 5.32 Å². The third-order valence-electron chi connectivity index (χ3n) is 3.01. The van der Waals surface area contributed by atoms with Gasteiger partial charge < -0.3 is 10.1 Å². The van der Waals surface area contributed by atoms with Crippen molar-refractivity contribution < 1.29 is 18.7 Å². The van der Waals surface area contributed by atoms with Crippen LogP contribution in [0.2, 0.25) is 10.0 Å². The summed E-state index contributed by atoms with van der Waals surface area (Å²) in [5, 5.41) is 3.02. The van der Waals surface area contributed by atoms with Crippen LogP contribution in [0.4, 0.5) is 4.39 Å². The first-order chi connectivity index (χ1) is 12.0. The number of esters is 1. The van der Waals surface area contributed by atoms with E-state index in [1.165, 1.54) is 36.0 Å². The molecule has 0 heterocycles. The molecule has 0 spiro atoms. The van der Waals surface area contributed by atoms with Gasteiger partial charge in [-0.05, 0) is 30.3 Å². The highest BCUT2D eigenvalue weighted by Crippen LogP contribution is 2.21. The largest absolute Gasteiger partial charge is 0.463 e. The van der Waals surface area contributed by atoms with Crippen LogP contribution in [0.15, 0.2) is 47.4 Å². The lowest BCUT2D eigenvalue weighted by molar-refractivity contribution is -0.141. The summed E-state index contributed by atoms with van der Waals surface area (Å²) < 4.78 is 18.4. The van der Waals surface area contributed by atoms with Gasteiger partial charge in [0.15, 0.2) is 0 Å². The van der Waals surface area contributed by atoms with Gasteiger partial charge in [0.1, 0.15) is 19.0 Å². The number of hydrogen-bond acceptors (Lipinski definition) is 4. The van der Waals surface area contributed by atoms with Crippen LogP contribution >= 0.6 is 35.0 Å². The van der Waals surface area contributed by atoms with Crippen molar-refractivity contribution >= 4 is 46.8 Å². The highest BCUT2D eigenvalue weighted by molar-refractivity contribution is 7.99. The molecule has 0 saturated heterocycles. The van der Waals surface area contributed by atoms with Gasteiger partial charge in [0.05, 0.1) is 10.6 Å². The van der Waals surface area contributed by atoms with E-state index in [9.17, 15) is 14.0 Å². The Morgan fingerprint density at radius 2 is 1.92 bits per heavy atom. The minimum Gasteiger partial charge on any atom is -0.463 e. The van der Waals surface area contributed by atoms with Gasteiger partial charge in [-0.15, -0.1) is 11.8 Å². The monoisotopic (exact) mass is 401 g/mol. The van der Waals surface area contributed by atoms with E-state index >= 15 is 0 Å². The fourth-order valence-electron chi connectivity index (χ4n) is 1.84. The standard InChI is InChI=1S/C17H14Cl2FNO3S/c18-11-5-6-12(13(19)9-11)17(23)21-10-16(22)24-7-8-25-15-4-2-1-3-14(15)20/h1-6,9H,7-8,10H2,(H,21,23). The average Bonchev–Trinajstić information content (AvgIpc) is 2.58. The van der Waals surface area contributed by atoms with Crippen LogP contribution in [0.5, 0.6) is 0 Å². The summed E-state index contributed by atoms with van der Waals surface area (Å²) in [6.45, 7) is -0.183. The molecular formula is C17H14Cl2FNO3S. The van der Waals surface area contributed by atoms with Gasteiger partial charge in [-0.3, -0.25) is 9.59 Å². The van der Waals surface area contributed by atoms with Crippen LogP contribution in [-0.4, -0.2) is 30.8 Å². The lowest BCUT2D eigenvalue weighted by Gasteiger charge is -2.08. The molecule has 8 heteroatoms. The topological polar surface area (TPSA) is 55.4 Å². The van der Waals surface area contributed by atoms with E-state index in [0.29, 0.717) is 15.7 Å². The molecule has 2 aromatic carbocycles. The van der Waals surface area contributed by atoms with E-state index in [4.69, 9.17) is 27.9 Å². The molecule has 0 saturated carbocycles. The van der Waals surface area contributed by atoms with Gasteiger partial charge in [0.25, 0.3) is 5.91 Å². The van der Waals surface area contributed by atoms with Crippen molar-refractivity contribution in [1.29, 1.82) is 0 Å². The lowest BCUT2D eigenvalue weighted by atomic mass is 10.2. The Kier molecular flexibility index (Phi) is 7.55. The van der Waals surface area contributed by atoms with Crippen molar-refractivity contribution in [3.05, 3.63) is 63.9 Å². The zero-order valence-corrected chi connectivity index (χ0v) is 15.3. The highest BCUT2D eigenvalue weighted by atomic mass is 35.5. The maximum Gasteiger partial charge on any atom is 0.325 e. The molecule has 0 radical (unpaired) electrons. The highest BCUT2D eigenvalue weighted by Gasteiger charge is 2.12. The molecule has 1 amide bonds. The van der Waals surface area contributed by atoms with Gasteiger partial charge in [0.2, 0.25) is 0 Å². The average molecular weight is 402 g/mol. The Morgan fingerprint density at radius 3 is 2.64 bits per heavy atom. The first kappa shape index (κ1) is 19.6. The number of halogens is 3. The van der Waals surface area contributed by atoms with Crippen LogP contribution in [0.3, 0.4) is 0 Å². The van der Waals surface area contributed by atoms with Crippen molar-refractivity contribution in [2.45, 2.75) is 4.90 Å². The number of rotatable bonds is 7. The molecule has 0 aliphatic heterocycles. The summed E-state index contributed by atoms with van der Waals surface area (Å²) in [4.78, 5) is 24.1. The number of carbonyl (C=O) groups is 2. The number of nitrogens with one attached hydrogen (secondary N) is 1. The molecule has 1 N–H and O–H groups in total. The molecule has 0 aliphatic carbocycles. The molecule has 0 fully saturated rings. The SMILES string of the molecule is O=C(CNC(=O)c1ccc(Cl)cc1Cl)OCCSc1ccccc1F. The fourth-order valence-corrected chi connectivity index (χ4v) is 3.10. The van der Waals surface area contributed by atoms with Crippen LogP contribution in [-0.2, 0) is 9.53 Å². The zero-order valence-electron chi connectivity index (χ0n) is 12.9. The van der Waals surface area contributed by atoms with E-state index in [1.54, 1.807) is 18.2 Å². The lowest BCUT2D eigenvalue weighted by Crippen LogP contribution is -2.31. The smallest absolute Gasteiger partial charge is 0.325 e. The predicted molar refractivity (Wildman–Crippen MR) is 96.9 cm³/mol. The summed E-state index contributed by atoms with van der Waals surface area (Å²) in [6.07, 6.45) is 0. The molecule has 0 bridgehead atoms. The second-order valence-corrected chi connectivity index (χ2v) is 6.79. The predicted octanol–water partition coefficient (Wildman–Crippen LogP) is 4.20. The maximum atomic E-state index is 13.4. The van der Waals surface area contributed by atoms with Crippen molar-refractivity contribution in [3.63, 3.8) is 0 Å². The summed E-state index contributed by atoms with van der Waals surface area (Å²) in [5.41, 5.74) is 0.217. The van der Waals surface area contributed by atoms with Crippen molar-refractivity contribution in [1.82, 2.24) is 5.32 Å². The molecular weight excluding hydrogens is 388 g/mol. The molecule has 2 aromatic rings. The first-order valence-electron chi connectivity index (χ1n) is 7.23. The van der Waals surface area contributed by atoms with Crippen LogP contribution in [0.25, 0.3) is 0 Å². The quantitative estimate of drug-likeness (QED) is 0.429.